The van der Waals surface area contributed by atoms with Crippen LogP contribution < -0.4 is 5.32 Å². The zero-order valence-corrected chi connectivity index (χ0v) is 18.5. The number of rotatable bonds is 7. The first-order valence-corrected chi connectivity index (χ1v) is 8.63. The third-order valence-electron chi connectivity index (χ3n) is 3.94. The molecule has 1 N–H and O–H groups in total. The van der Waals surface area contributed by atoms with Crippen LogP contribution in [0.4, 0.5) is 0 Å². The Morgan fingerprint density at radius 1 is 1.20 bits per heavy atom. The van der Waals surface area contributed by atoms with Gasteiger partial charge in [-0.05, 0) is 36.3 Å². The van der Waals surface area contributed by atoms with Gasteiger partial charge in [-0.1, -0.05) is 31.2 Å². The van der Waals surface area contributed by atoms with Crippen molar-refractivity contribution in [3.63, 3.8) is 0 Å². The van der Waals surface area contributed by atoms with E-state index in [4.69, 9.17) is 0 Å². The Hall–Kier alpha value is -0.869. The first kappa shape index (κ1) is 22.2. The third kappa shape index (κ3) is 8.87. The minimum absolute atomic E-state index is 0. The molecular weight excluding hydrogens is 382 g/mol. The molecule has 25 heavy (non-hydrogen) atoms. The van der Waals surface area contributed by atoms with E-state index in [1.807, 2.05) is 30.3 Å². The summed E-state index contributed by atoms with van der Waals surface area (Å²) in [5.74, 6) is 0.908. The quantitative estimate of drug-likeness (QED) is 0.317. The summed E-state index contributed by atoms with van der Waals surface area (Å²) in [5.41, 5.74) is 4.17. The van der Waals surface area contributed by atoms with Gasteiger partial charge in [0.2, 0.25) is 6.41 Å². The molecule has 0 heterocycles. The van der Waals surface area contributed by atoms with Gasteiger partial charge in [-0.25, -0.2) is 12.1 Å². The normalized spacial score (nSPS) is 12.7. The maximum absolute atomic E-state index is 9.88. The number of aryl methyl sites for hydroxylation is 1. The van der Waals surface area contributed by atoms with Crippen molar-refractivity contribution >= 4 is 58.0 Å². The fraction of sp³-hybridized carbons (Fsp3) is 0.318. The summed E-state index contributed by atoms with van der Waals surface area (Å²) >= 11 is 0. The SMILES string of the molecule is CCc1ccccc1C1CC1.O=CNCC[C-]=Cc1[c-]cccc1.[Sr+2]. The molecule has 2 aromatic carbocycles. The maximum atomic E-state index is 9.88. The number of benzene rings is 2. The Kier molecular flexibility index (Phi) is 11.8. The second-order valence-corrected chi connectivity index (χ2v) is 5.81. The van der Waals surface area contributed by atoms with Crippen molar-refractivity contribution in [2.45, 2.75) is 38.5 Å². The van der Waals surface area contributed by atoms with E-state index in [-0.39, 0.29) is 45.5 Å². The Balaban J connectivity index is 0.000000243. The molecule has 0 bridgehead atoms. The van der Waals surface area contributed by atoms with E-state index < -0.39 is 0 Å². The molecule has 0 radical (unpaired) electrons. The Morgan fingerprint density at radius 2 is 1.96 bits per heavy atom. The molecule has 0 saturated heterocycles. The van der Waals surface area contributed by atoms with Gasteiger partial charge in [0.05, 0.1) is 0 Å². The second-order valence-electron chi connectivity index (χ2n) is 5.81. The van der Waals surface area contributed by atoms with Crippen LogP contribution in [0.5, 0.6) is 0 Å². The van der Waals surface area contributed by atoms with Gasteiger partial charge in [-0.3, -0.25) is 4.79 Å². The van der Waals surface area contributed by atoms with Gasteiger partial charge in [-0.15, -0.1) is 12.5 Å². The van der Waals surface area contributed by atoms with Gasteiger partial charge in [0.25, 0.3) is 0 Å². The predicted octanol–water partition coefficient (Wildman–Crippen LogP) is 4.18. The van der Waals surface area contributed by atoms with Gasteiger partial charge in [0, 0.05) is 6.54 Å². The smallest absolute Gasteiger partial charge is 0.360 e. The number of nitrogens with one attached hydrogen (secondary N) is 1. The van der Waals surface area contributed by atoms with Crippen molar-refractivity contribution in [1.82, 2.24) is 5.32 Å². The summed E-state index contributed by atoms with van der Waals surface area (Å²) in [5, 5.41) is 2.56. The van der Waals surface area contributed by atoms with Crippen LogP contribution in [-0.4, -0.2) is 58.4 Å². The van der Waals surface area contributed by atoms with Gasteiger partial charge in [-0.2, -0.15) is 12.1 Å². The molecule has 0 aliphatic heterocycles. The first-order chi connectivity index (χ1) is 11.8. The first-order valence-electron chi connectivity index (χ1n) is 8.63. The zero-order valence-electron chi connectivity index (χ0n) is 15.0. The molecule has 0 unspecified atom stereocenters. The molecule has 0 atom stereocenters. The molecule has 1 fully saturated rings. The predicted molar refractivity (Wildman–Crippen MR) is 105 cm³/mol. The molecular formula is C22H25NOSr. The number of hydrogen-bond donors (Lipinski definition) is 1. The van der Waals surface area contributed by atoms with Crippen LogP contribution in [0.25, 0.3) is 6.08 Å². The molecule has 1 amide bonds. The molecule has 2 nitrogen and oxygen atoms in total. The maximum Gasteiger partial charge on any atom is 2.00 e. The summed E-state index contributed by atoms with van der Waals surface area (Å²) in [6.45, 7) is 2.87. The Bertz CT molecular complexity index is 635. The molecule has 126 valence electrons. The Labute approximate surface area is 189 Å². The van der Waals surface area contributed by atoms with Crippen LogP contribution in [0.1, 0.15) is 48.8 Å². The summed E-state index contributed by atoms with van der Waals surface area (Å²) < 4.78 is 0. The van der Waals surface area contributed by atoms with Gasteiger partial charge in [0.1, 0.15) is 0 Å². The third-order valence-corrected chi connectivity index (χ3v) is 3.94. The van der Waals surface area contributed by atoms with E-state index in [1.54, 1.807) is 11.1 Å². The molecule has 1 aliphatic carbocycles. The van der Waals surface area contributed by atoms with Gasteiger partial charge < -0.3 is 23.0 Å². The van der Waals surface area contributed by atoms with Crippen LogP contribution in [0, 0.1) is 12.1 Å². The van der Waals surface area contributed by atoms with Crippen LogP contribution in [0.3, 0.4) is 0 Å². The molecule has 3 heteroatoms. The summed E-state index contributed by atoms with van der Waals surface area (Å²) in [6.07, 6.45) is 10.4. The molecule has 0 spiro atoms. The van der Waals surface area contributed by atoms with Crippen molar-refractivity contribution in [1.29, 1.82) is 0 Å². The van der Waals surface area contributed by atoms with Crippen LogP contribution in [-0.2, 0) is 11.2 Å². The fourth-order valence-electron chi connectivity index (χ4n) is 2.53. The van der Waals surface area contributed by atoms with E-state index in [0.29, 0.717) is 13.0 Å². The van der Waals surface area contributed by atoms with Crippen LogP contribution >= 0.6 is 0 Å². The summed E-state index contributed by atoms with van der Waals surface area (Å²) in [7, 11) is 0. The molecule has 3 rings (SSSR count). The van der Waals surface area contributed by atoms with Crippen molar-refractivity contribution in [3.8, 4) is 0 Å². The largest absolute Gasteiger partial charge is 2.00 e. The minimum Gasteiger partial charge on any atom is -0.360 e. The van der Waals surface area contributed by atoms with Crippen LogP contribution in [0.15, 0.2) is 48.5 Å². The minimum atomic E-state index is 0. The van der Waals surface area contributed by atoms with Crippen molar-refractivity contribution < 1.29 is 4.79 Å². The number of carbonyl (C=O) groups is 1. The van der Waals surface area contributed by atoms with E-state index in [1.165, 1.54) is 19.3 Å². The number of hydrogen-bond acceptors (Lipinski definition) is 1. The average Bonchev–Trinajstić information content (AvgIpc) is 3.48. The van der Waals surface area contributed by atoms with E-state index >= 15 is 0 Å². The Morgan fingerprint density at radius 3 is 2.60 bits per heavy atom. The van der Waals surface area contributed by atoms with Crippen molar-refractivity contribution in [2.24, 2.45) is 0 Å². The zero-order chi connectivity index (χ0) is 17.0. The van der Waals surface area contributed by atoms with Crippen LogP contribution in [0.2, 0.25) is 0 Å². The molecule has 1 saturated carbocycles. The van der Waals surface area contributed by atoms with E-state index in [0.717, 1.165) is 17.9 Å². The number of amides is 1. The fourth-order valence-corrected chi connectivity index (χ4v) is 2.53. The second kappa shape index (κ2) is 13.3. The van der Waals surface area contributed by atoms with E-state index in [2.05, 4.69) is 48.6 Å². The van der Waals surface area contributed by atoms with E-state index in [9.17, 15) is 4.79 Å². The number of carbonyl (C=O) groups excluding carboxylic acids is 1. The standard InChI is InChI=1S/C11H11NO.C11H14.Sr/c13-10-12-9-5-4-8-11-6-2-1-3-7-11;1-2-9-5-3-4-6-11(9)10-7-8-10;/h1-3,6,8,10H,5,9H2,(H,12,13);3-6,10H,2,7-8H2,1H3;/q-2;;+2. The molecule has 2 aromatic rings. The molecule has 0 aromatic heterocycles. The van der Waals surface area contributed by atoms with Crippen molar-refractivity contribution in [2.75, 3.05) is 6.54 Å². The molecule has 1 aliphatic rings. The summed E-state index contributed by atoms with van der Waals surface area (Å²) in [6, 6.07) is 19.6. The monoisotopic (exact) mass is 407 g/mol. The van der Waals surface area contributed by atoms with Gasteiger partial charge >= 0.3 is 45.5 Å². The summed E-state index contributed by atoms with van der Waals surface area (Å²) in [4.78, 5) is 9.88. The van der Waals surface area contributed by atoms with Crippen molar-refractivity contribution in [3.05, 3.63) is 77.4 Å². The topological polar surface area (TPSA) is 29.1 Å². The average molecular weight is 407 g/mol. The van der Waals surface area contributed by atoms with Gasteiger partial charge in [0.15, 0.2) is 0 Å².